The van der Waals surface area contributed by atoms with E-state index < -0.39 is 6.10 Å². The molecule has 2 heterocycles. The van der Waals surface area contributed by atoms with Crippen LogP contribution in [0, 0.1) is 5.92 Å². The Morgan fingerprint density at radius 2 is 2.12 bits per heavy atom. The summed E-state index contributed by atoms with van der Waals surface area (Å²) in [5, 5.41) is 6.28. The molecule has 0 spiro atoms. The highest BCUT2D eigenvalue weighted by Gasteiger charge is 2.22. The minimum Gasteiger partial charge on any atom is -0.376 e. The van der Waals surface area contributed by atoms with Crippen molar-refractivity contribution in [2.75, 3.05) is 39.5 Å². The van der Waals surface area contributed by atoms with Crippen molar-refractivity contribution in [2.45, 2.75) is 25.4 Å². The van der Waals surface area contributed by atoms with Gasteiger partial charge in [0.1, 0.15) is 0 Å². The highest BCUT2D eigenvalue weighted by molar-refractivity contribution is 5.80. The average Bonchev–Trinajstić information content (AvgIpc) is 2.41. The summed E-state index contributed by atoms with van der Waals surface area (Å²) in [6, 6.07) is 0. The van der Waals surface area contributed by atoms with Crippen molar-refractivity contribution < 1.29 is 14.3 Å². The van der Waals surface area contributed by atoms with E-state index in [-0.39, 0.29) is 5.91 Å². The number of amides is 1. The van der Waals surface area contributed by atoms with Crippen LogP contribution in [0.1, 0.15) is 19.3 Å². The number of nitrogens with one attached hydrogen (secondary N) is 2. The molecule has 5 heteroatoms. The highest BCUT2D eigenvalue weighted by atomic mass is 16.6. The van der Waals surface area contributed by atoms with Crippen LogP contribution in [0.5, 0.6) is 0 Å². The minimum absolute atomic E-state index is 0.0290. The summed E-state index contributed by atoms with van der Waals surface area (Å²) in [6.07, 6.45) is 3.11. The predicted molar refractivity (Wildman–Crippen MR) is 63.8 cm³/mol. The third kappa shape index (κ3) is 4.26. The molecule has 98 valence electrons. The van der Waals surface area contributed by atoms with Crippen LogP contribution in [0.2, 0.25) is 0 Å². The van der Waals surface area contributed by atoms with Crippen molar-refractivity contribution in [1.29, 1.82) is 0 Å². The molecule has 0 aliphatic carbocycles. The Morgan fingerprint density at radius 3 is 2.82 bits per heavy atom. The Bertz CT molecular complexity index is 236. The Morgan fingerprint density at radius 1 is 1.29 bits per heavy atom. The van der Waals surface area contributed by atoms with Crippen LogP contribution in [0.25, 0.3) is 0 Å². The van der Waals surface area contributed by atoms with Crippen molar-refractivity contribution in [3.8, 4) is 0 Å². The van der Waals surface area contributed by atoms with Gasteiger partial charge in [-0.25, -0.2) is 0 Å². The van der Waals surface area contributed by atoms with Gasteiger partial charge >= 0.3 is 0 Å². The molecule has 1 unspecified atom stereocenters. The predicted octanol–water partition coefficient (Wildman–Crippen LogP) is -0.0923. The van der Waals surface area contributed by atoms with Gasteiger partial charge in [-0.3, -0.25) is 4.79 Å². The first kappa shape index (κ1) is 12.8. The fourth-order valence-electron chi connectivity index (χ4n) is 2.32. The van der Waals surface area contributed by atoms with E-state index >= 15 is 0 Å². The molecular weight excluding hydrogens is 220 g/mol. The van der Waals surface area contributed by atoms with Gasteiger partial charge in [0.2, 0.25) is 0 Å². The summed E-state index contributed by atoms with van der Waals surface area (Å²) >= 11 is 0. The molecule has 0 bridgehead atoms. The Labute approximate surface area is 102 Å². The van der Waals surface area contributed by atoms with Crippen LogP contribution < -0.4 is 10.6 Å². The topological polar surface area (TPSA) is 59.6 Å². The molecule has 1 atom stereocenters. The van der Waals surface area contributed by atoms with Gasteiger partial charge in [-0.15, -0.1) is 0 Å². The van der Waals surface area contributed by atoms with Gasteiger partial charge in [-0.05, 0) is 38.3 Å². The number of piperidine rings is 1. The second kappa shape index (κ2) is 6.93. The van der Waals surface area contributed by atoms with E-state index in [4.69, 9.17) is 9.47 Å². The SMILES string of the molecule is O=C(NCCC1CCNCC1)C1COCCO1. The normalized spacial score (nSPS) is 26.7. The summed E-state index contributed by atoms with van der Waals surface area (Å²) < 4.78 is 10.5. The first-order valence-corrected chi connectivity index (χ1v) is 6.54. The molecule has 0 saturated carbocycles. The fourth-order valence-corrected chi connectivity index (χ4v) is 2.32. The summed E-state index contributed by atoms with van der Waals surface area (Å²) in [4.78, 5) is 11.7. The molecule has 2 aliphatic heterocycles. The van der Waals surface area contributed by atoms with E-state index in [0.29, 0.717) is 19.8 Å². The van der Waals surface area contributed by atoms with Crippen molar-refractivity contribution in [3.63, 3.8) is 0 Å². The number of ether oxygens (including phenoxy) is 2. The number of rotatable bonds is 4. The summed E-state index contributed by atoms with van der Waals surface area (Å²) in [5.41, 5.74) is 0. The number of carbonyl (C=O) groups is 1. The van der Waals surface area contributed by atoms with E-state index in [2.05, 4.69) is 10.6 Å². The maximum absolute atomic E-state index is 11.7. The largest absolute Gasteiger partial charge is 0.376 e. The molecule has 2 saturated heterocycles. The zero-order valence-electron chi connectivity index (χ0n) is 10.2. The lowest BCUT2D eigenvalue weighted by atomic mass is 9.95. The smallest absolute Gasteiger partial charge is 0.251 e. The molecule has 0 radical (unpaired) electrons. The second-order valence-corrected chi connectivity index (χ2v) is 4.71. The molecule has 5 nitrogen and oxygen atoms in total. The van der Waals surface area contributed by atoms with Crippen molar-refractivity contribution >= 4 is 5.91 Å². The molecule has 2 N–H and O–H groups in total. The molecule has 0 aromatic carbocycles. The van der Waals surface area contributed by atoms with Crippen LogP contribution in [-0.4, -0.2) is 51.5 Å². The van der Waals surface area contributed by atoms with Crippen molar-refractivity contribution in [1.82, 2.24) is 10.6 Å². The third-order valence-electron chi connectivity index (χ3n) is 3.42. The third-order valence-corrected chi connectivity index (χ3v) is 3.42. The lowest BCUT2D eigenvalue weighted by Crippen LogP contribution is -2.43. The van der Waals surface area contributed by atoms with Gasteiger partial charge in [-0.1, -0.05) is 0 Å². The molecule has 1 amide bonds. The van der Waals surface area contributed by atoms with Gasteiger partial charge in [0, 0.05) is 6.54 Å². The van der Waals surface area contributed by atoms with Crippen molar-refractivity contribution in [2.24, 2.45) is 5.92 Å². The second-order valence-electron chi connectivity index (χ2n) is 4.71. The lowest BCUT2D eigenvalue weighted by Gasteiger charge is -2.24. The lowest BCUT2D eigenvalue weighted by molar-refractivity contribution is -0.147. The Kier molecular flexibility index (Phi) is 5.22. The maximum Gasteiger partial charge on any atom is 0.251 e. The number of carbonyl (C=O) groups excluding carboxylic acids is 1. The van der Waals surface area contributed by atoms with Crippen LogP contribution in [0.3, 0.4) is 0 Å². The van der Waals surface area contributed by atoms with Crippen LogP contribution >= 0.6 is 0 Å². The number of hydrogen-bond acceptors (Lipinski definition) is 4. The number of hydrogen-bond donors (Lipinski definition) is 2. The van der Waals surface area contributed by atoms with Gasteiger partial charge in [0.05, 0.1) is 19.8 Å². The quantitative estimate of drug-likeness (QED) is 0.723. The zero-order chi connectivity index (χ0) is 11.9. The molecule has 0 aromatic rings. The molecule has 2 rings (SSSR count). The van der Waals surface area contributed by atoms with Gasteiger partial charge in [0.15, 0.2) is 6.10 Å². The van der Waals surface area contributed by atoms with Gasteiger partial charge in [-0.2, -0.15) is 0 Å². The Hall–Kier alpha value is -0.650. The van der Waals surface area contributed by atoms with Crippen LogP contribution in [0.4, 0.5) is 0 Å². The van der Waals surface area contributed by atoms with Crippen LogP contribution in [-0.2, 0) is 14.3 Å². The van der Waals surface area contributed by atoms with Gasteiger partial charge < -0.3 is 20.1 Å². The van der Waals surface area contributed by atoms with Gasteiger partial charge in [0.25, 0.3) is 5.91 Å². The van der Waals surface area contributed by atoms with E-state index in [1.165, 1.54) is 12.8 Å². The summed E-state index contributed by atoms with van der Waals surface area (Å²) in [7, 11) is 0. The standard InChI is InChI=1S/C12H22N2O3/c15-12(11-9-16-7-8-17-11)14-6-3-10-1-4-13-5-2-10/h10-11,13H,1-9H2,(H,14,15). The fraction of sp³-hybridized carbons (Fsp3) is 0.917. The first-order chi connectivity index (χ1) is 8.36. The molecule has 0 aromatic heterocycles. The minimum atomic E-state index is -0.406. The molecule has 2 aliphatic rings. The summed E-state index contributed by atoms with van der Waals surface area (Å²) in [6.45, 7) is 4.48. The van der Waals surface area contributed by atoms with E-state index in [1.54, 1.807) is 0 Å². The molecular formula is C12H22N2O3. The van der Waals surface area contributed by atoms with E-state index in [1.807, 2.05) is 0 Å². The zero-order valence-corrected chi connectivity index (χ0v) is 10.2. The average molecular weight is 242 g/mol. The van der Waals surface area contributed by atoms with Crippen molar-refractivity contribution in [3.05, 3.63) is 0 Å². The maximum atomic E-state index is 11.7. The highest BCUT2D eigenvalue weighted by Crippen LogP contribution is 2.14. The van der Waals surface area contributed by atoms with E-state index in [9.17, 15) is 4.79 Å². The first-order valence-electron chi connectivity index (χ1n) is 6.54. The van der Waals surface area contributed by atoms with Crippen LogP contribution in [0.15, 0.2) is 0 Å². The molecule has 17 heavy (non-hydrogen) atoms. The monoisotopic (exact) mass is 242 g/mol. The summed E-state index contributed by atoms with van der Waals surface area (Å²) in [5.74, 6) is 0.721. The Balaban J connectivity index is 1.58. The van der Waals surface area contributed by atoms with E-state index in [0.717, 1.165) is 32.0 Å². The molecule has 2 fully saturated rings.